The van der Waals surface area contributed by atoms with Gasteiger partial charge in [0.05, 0.1) is 19.3 Å². The molecule has 1 aliphatic heterocycles. The summed E-state index contributed by atoms with van der Waals surface area (Å²) in [7, 11) is 1.18. The molecule has 0 aromatic carbocycles. The van der Waals surface area contributed by atoms with Crippen molar-refractivity contribution in [2.75, 3.05) is 7.11 Å². The molecular formula is C21H31F2NO4. The van der Waals surface area contributed by atoms with Gasteiger partial charge in [0, 0.05) is 12.8 Å². The molecule has 1 amide bonds. The van der Waals surface area contributed by atoms with Crippen molar-refractivity contribution in [3.05, 3.63) is 12.2 Å². The number of unbranched alkanes of at least 4 members (excludes halogenated alkanes) is 2. The summed E-state index contributed by atoms with van der Waals surface area (Å²) in [5.41, 5.74) is 0. The molecule has 0 aromatic heterocycles. The number of carbonyl (C=O) groups is 2. The first kappa shape index (κ1) is 24.1. The molecule has 7 heteroatoms. The second kappa shape index (κ2) is 11.2. The number of hydrogen-bond acceptors (Lipinski definition) is 4. The minimum atomic E-state index is -3.55. The van der Waals surface area contributed by atoms with Gasteiger partial charge in [0.25, 0.3) is 5.91 Å². The molecule has 1 saturated heterocycles. The molecule has 28 heavy (non-hydrogen) atoms. The first-order valence-electron chi connectivity index (χ1n) is 9.74. The zero-order chi connectivity index (χ0) is 21.3. The number of hydrogen-bond donors (Lipinski definition) is 1. The smallest absolute Gasteiger partial charge is 0.328 e. The largest absolute Gasteiger partial charge is 0.467 e. The molecule has 0 bridgehead atoms. The van der Waals surface area contributed by atoms with Crippen molar-refractivity contribution < 1.29 is 28.2 Å². The molecule has 5 nitrogen and oxygen atoms in total. The van der Waals surface area contributed by atoms with Gasteiger partial charge in [0.2, 0.25) is 0 Å². The Hall–Kier alpha value is -1.94. The van der Waals surface area contributed by atoms with E-state index in [-0.39, 0.29) is 12.3 Å². The molecule has 4 atom stereocenters. The summed E-state index contributed by atoms with van der Waals surface area (Å²) in [4.78, 5) is 25.4. The predicted molar refractivity (Wildman–Crippen MR) is 103 cm³/mol. The summed E-state index contributed by atoms with van der Waals surface area (Å²) in [5.74, 6) is -0.189. The molecule has 158 valence electrons. The van der Waals surface area contributed by atoms with E-state index in [9.17, 15) is 23.5 Å². The summed E-state index contributed by atoms with van der Waals surface area (Å²) in [6.07, 6.45) is 4.27. The Morgan fingerprint density at radius 1 is 1.46 bits per heavy atom. The van der Waals surface area contributed by atoms with E-state index in [2.05, 4.69) is 11.8 Å². The number of nitrogens with zero attached hydrogens (tertiary/aromatic N) is 1. The molecule has 0 spiro atoms. The number of likely N-dealkylation sites (tertiary alicyclic amines) is 1. The van der Waals surface area contributed by atoms with E-state index in [1.54, 1.807) is 13.8 Å². The van der Waals surface area contributed by atoms with Gasteiger partial charge in [0.1, 0.15) is 6.04 Å². The Morgan fingerprint density at radius 3 is 2.71 bits per heavy atom. The molecule has 0 aromatic rings. The quantitative estimate of drug-likeness (QED) is 0.265. The summed E-state index contributed by atoms with van der Waals surface area (Å²) < 4.78 is 33.1. The van der Waals surface area contributed by atoms with Crippen LogP contribution in [0, 0.1) is 17.8 Å². The molecule has 1 heterocycles. The maximum Gasteiger partial charge on any atom is 0.328 e. The van der Waals surface area contributed by atoms with Gasteiger partial charge in [-0.3, -0.25) is 4.79 Å². The molecular weight excluding hydrogens is 368 g/mol. The number of amides is 1. The van der Waals surface area contributed by atoms with Crippen LogP contribution in [0.1, 0.15) is 59.3 Å². The fourth-order valence-electron chi connectivity index (χ4n) is 3.23. The fourth-order valence-corrected chi connectivity index (χ4v) is 3.23. The van der Waals surface area contributed by atoms with Crippen molar-refractivity contribution in [1.82, 2.24) is 4.90 Å². The third kappa shape index (κ3) is 6.30. The lowest BCUT2D eigenvalue weighted by molar-refractivity contribution is -0.159. The summed E-state index contributed by atoms with van der Waals surface area (Å²) in [6.45, 7) is 5.48. The summed E-state index contributed by atoms with van der Waals surface area (Å²) in [5, 5.41) is 10.2. The van der Waals surface area contributed by atoms with Crippen LogP contribution in [-0.2, 0) is 14.3 Å². The van der Waals surface area contributed by atoms with Gasteiger partial charge in [-0.25, -0.2) is 4.79 Å². The van der Waals surface area contributed by atoms with Crippen molar-refractivity contribution in [2.24, 2.45) is 5.92 Å². The minimum Gasteiger partial charge on any atom is -0.467 e. The molecule has 1 N–H and O–H groups in total. The number of alkyl halides is 2. The molecule has 1 rings (SSSR count). The van der Waals surface area contributed by atoms with Crippen LogP contribution in [0.15, 0.2) is 12.2 Å². The van der Waals surface area contributed by atoms with E-state index in [1.165, 1.54) is 19.3 Å². The second-order valence-corrected chi connectivity index (χ2v) is 7.21. The first-order valence-corrected chi connectivity index (χ1v) is 9.74. The van der Waals surface area contributed by atoms with Gasteiger partial charge in [-0.1, -0.05) is 45.3 Å². The monoisotopic (exact) mass is 399 g/mol. The molecule has 1 aliphatic rings. The molecule has 0 aliphatic carbocycles. The van der Waals surface area contributed by atoms with Crippen LogP contribution in [0.2, 0.25) is 0 Å². The van der Waals surface area contributed by atoms with E-state index in [0.717, 1.165) is 17.7 Å². The Morgan fingerprint density at radius 2 is 2.14 bits per heavy atom. The number of aliphatic hydroxyl groups excluding tert-OH is 1. The summed E-state index contributed by atoms with van der Waals surface area (Å²) >= 11 is 0. The van der Waals surface area contributed by atoms with Crippen LogP contribution in [0.3, 0.4) is 0 Å². The third-order valence-electron chi connectivity index (χ3n) is 4.97. The number of halogens is 2. The second-order valence-electron chi connectivity index (χ2n) is 7.21. The number of ether oxygens (including phenoxy) is 1. The fraction of sp³-hybridized carbons (Fsp3) is 0.714. The molecule has 1 fully saturated rings. The van der Waals surface area contributed by atoms with Crippen molar-refractivity contribution in [3.8, 4) is 11.8 Å². The number of rotatable bonds is 10. The van der Waals surface area contributed by atoms with Crippen molar-refractivity contribution in [2.45, 2.75) is 83.4 Å². The number of methoxy groups -OCH3 is 1. The Kier molecular flexibility index (Phi) is 9.60. The van der Waals surface area contributed by atoms with Crippen LogP contribution in [0.25, 0.3) is 0 Å². The molecule has 0 saturated carbocycles. The van der Waals surface area contributed by atoms with E-state index in [4.69, 9.17) is 4.74 Å². The topological polar surface area (TPSA) is 66.8 Å². The highest BCUT2D eigenvalue weighted by Crippen LogP contribution is 2.37. The minimum absolute atomic E-state index is 0.185. The van der Waals surface area contributed by atoms with Gasteiger partial charge < -0.3 is 14.7 Å². The van der Waals surface area contributed by atoms with Gasteiger partial charge in [-0.2, -0.15) is 8.78 Å². The Bertz CT molecular complexity index is 624. The van der Waals surface area contributed by atoms with Crippen molar-refractivity contribution >= 4 is 11.9 Å². The highest BCUT2D eigenvalue weighted by atomic mass is 19.3. The normalized spacial score (nSPS) is 21.9. The molecule has 0 radical (unpaired) electrons. The third-order valence-corrected chi connectivity index (χ3v) is 4.97. The van der Waals surface area contributed by atoms with Gasteiger partial charge >= 0.3 is 11.9 Å². The van der Waals surface area contributed by atoms with Crippen molar-refractivity contribution in [1.29, 1.82) is 0 Å². The highest BCUT2D eigenvalue weighted by Gasteiger charge is 2.55. The molecule has 1 unspecified atom stereocenters. The van der Waals surface area contributed by atoms with Crippen LogP contribution in [-0.4, -0.2) is 53.1 Å². The van der Waals surface area contributed by atoms with Gasteiger partial charge in [-0.05, 0) is 19.3 Å². The average molecular weight is 399 g/mol. The van der Waals surface area contributed by atoms with Crippen molar-refractivity contribution in [3.63, 3.8) is 0 Å². The van der Waals surface area contributed by atoms with Crippen LogP contribution >= 0.6 is 0 Å². The standard InChI is InChI=1S/C21H31F2NO4/c1-5-7-9-11-17(19(26)28-4)24-16(14-21(22,23)20(24)27)12-13-18(25)15(3)10-8-6-2/h12-13,15-18,25H,5,7,9-11,14H2,1-4H3/b13-12+/t15-,16-,17?,18+/m0/s1. The van der Waals surface area contributed by atoms with E-state index in [1.807, 2.05) is 6.92 Å². The lowest BCUT2D eigenvalue weighted by Crippen LogP contribution is -2.48. The average Bonchev–Trinajstić information content (AvgIpc) is 2.89. The lowest BCUT2D eigenvalue weighted by Gasteiger charge is -2.30. The van der Waals surface area contributed by atoms with E-state index in [0.29, 0.717) is 12.8 Å². The number of aliphatic hydroxyl groups is 1. The lowest BCUT2D eigenvalue weighted by atomic mass is 9.99. The van der Waals surface area contributed by atoms with Crippen LogP contribution in [0.5, 0.6) is 0 Å². The maximum atomic E-state index is 14.1. The van der Waals surface area contributed by atoms with Gasteiger partial charge in [-0.15, -0.1) is 11.8 Å². The zero-order valence-corrected chi connectivity index (χ0v) is 17.1. The SMILES string of the molecule is CC#CC[C@H](C)[C@H](O)/C=C/[C@H]1CC(F)(F)C(=O)N1C(CCCCC)C(=O)OC. The number of esters is 1. The maximum absolute atomic E-state index is 14.1. The highest BCUT2D eigenvalue weighted by molar-refractivity contribution is 5.91. The zero-order valence-electron chi connectivity index (χ0n) is 17.1. The first-order chi connectivity index (χ1) is 13.2. The van der Waals surface area contributed by atoms with Crippen LogP contribution < -0.4 is 0 Å². The Labute approximate surface area is 166 Å². The van der Waals surface area contributed by atoms with Gasteiger partial charge in [0.15, 0.2) is 0 Å². The number of carbonyl (C=O) groups excluding carboxylic acids is 2. The van der Waals surface area contributed by atoms with E-state index < -0.39 is 42.4 Å². The summed E-state index contributed by atoms with van der Waals surface area (Å²) in [6, 6.07) is -2.04. The van der Waals surface area contributed by atoms with Crippen LogP contribution in [0.4, 0.5) is 8.78 Å². The predicted octanol–water partition coefficient (Wildman–Crippen LogP) is 3.31. The van der Waals surface area contributed by atoms with E-state index >= 15 is 0 Å². The Balaban J connectivity index is 3.05.